The second-order valence-electron chi connectivity index (χ2n) is 11.4. The van der Waals surface area contributed by atoms with Crippen molar-refractivity contribution < 1.29 is 0 Å². The molecule has 2 aliphatic carbocycles. The standard InChI is InChI=1S/C33H35N3/c1-33(2)28-15-3-5-18-31(28)36(32-19-6-4-16-29(32)33)27-14-8-11-24(21-27)23-10-7-12-25(20-23)30-17-9-13-26(22-34)35-30/h3,6-8,10-12,14-15,17,19-21,28-29,31-32H,4-5,9,13,16,18H2,1-2H3. The molecule has 2 aromatic carbocycles. The first kappa shape index (κ1) is 23.0. The molecule has 2 aliphatic heterocycles. The fourth-order valence-electron chi connectivity index (χ4n) is 7.18. The van der Waals surface area contributed by atoms with Crippen LogP contribution in [0.3, 0.4) is 0 Å². The summed E-state index contributed by atoms with van der Waals surface area (Å²) in [6, 6.07) is 21.0. The Balaban J connectivity index is 1.38. The molecule has 6 rings (SSSR count). The molecule has 4 aliphatic rings. The molecule has 0 aromatic heterocycles. The van der Waals surface area contributed by atoms with Crippen molar-refractivity contribution in [1.29, 1.82) is 5.26 Å². The molecule has 0 radical (unpaired) electrons. The van der Waals surface area contributed by atoms with Crippen LogP contribution in [-0.4, -0.2) is 17.8 Å². The number of allylic oxidation sites excluding steroid dienone is 3. The number of hydrogen-bond donors (Lipinski definition) is 0. The lowest BCUT2D eigenvalue weighted by Crippen LogP contribution is -2.62. The number of rotatable bonds is 3. The van der Waals surface area contributed by atoms with Gasteiger partial charge in [0.15, 0.2) is 0 Å². The lowest BCUT2D eigenvalue weighted by Gasteiger charge is -2.60. The summed E-state index contributed by atoms with van der Waals surface area (Å²) < 4.78 is 0. The van der Waals surface area contributed by atoms with Gasteiger partial charge in [-0.15, -0.1) is 0 Å². The van der Waals surface area contributed by atoms with E-state index in [4.69, 9.17) is 0 Å². The minimum absolute atomic E-state index is 0.302. The van der Waals surface area contributed by atoms with Gasteiger partial charge in [-0.1, -0.05) is 74.6 Å². The molecule has 0 N–H and O–H groups in total. The molecule has 0 amide bonds. The highest BCUT2D eigenvalue weighted by molar-refractivity contribution is 6.02. The Hall–Kier alpha value is -3.38. The Morgan fingerprint density at radius 3 is 2.53 bits per heavy atom. The van der Waals surface area contributed by atoms with Crippen LogP contribution in [0.15, 0.2) is 83.9 Å². The summed E-state index contributed by atoms with van der Waals surface area (Å²) in [6.45, 7) is 5.02. The molecule has 0 spiro atoms. The maximum Gasteiger partial charge on any atom is 0.118 e. The minimum Gasteiger partial charge on any atom is -0.361 e. The van der Waals surface area contributed by atoms with E-state index in [0.29, 0.717) is 35.0 Å². The fourth-order valence-corrected chi connectivity index (χ4v) is 7.18. The van der Waals surface area contributed by atoms with Gasteiger partial charge in [0, 0.05) is 29.6 Å². The van der Waals surface area contributed by atoms with Crippen molar-refractivity contribution in [2.45, 2.75) is 64.5 Å². The quantitative estimate of drug-likeness (QED) is 0.424. The zero-order valence-corrected chi connectivity index (χ0v) is 21.4. The Morgan fingerprint density at radius 2 is 1.67 bits per heavy atom. The molecule has 4 atom stereocenters. The van der Waals surface area contributed by atoms with Gasteiger partial charge in [0.1, 0.15) is 11.8 Å². The predicted octanol–water partition coefficient (Wildman–Crippen LogP) is 7.97. The van der Waals surface area contributed by atoms with Gasteiger partial charge in [-0.25, -0.2) is 4.99 Å². The monoisotopic (exact) mass is 473 g/mol. The van der Waals surface area contributed by atoms with Crippen molar-refractivity contribution in [3.05, 3.63) is 84.5 Å². The summed E-state index contributed by atoms with van der Waals surface area (Å²) in [6.07, 6.45) is 18.5. The molecular formula is C33H35N3. The molecule has 2 aromatic rings. The molecule has 3 nitrogen and oxygen atoms in total. The summed E-state index contributed by atoms with van der Waals surface area (Å²) in [4.78, 5) is 7.36. The average molecular weight is 474 g/mol. The van der Waals surface area contributed by atoms with Gasteiger partial charge in [0.05, 0.1) is 11.7 Å². The molecule has 0 saturated carbocycles. The van der Waals surface area contributed by atoms with Crippen LogP contribution < -0.4 is 4.90 Å². The number of aliphatic imine (C=N–C) groups is 1. The molecular weight excluding hydrogens is 438 g/mol. The van der Waals surface area contributed by atoms with E-state index in [1.54, 1.807) is 0 Å². The van der Waals surface area contributed by atoms with Crippen LogP contribution in [-0.2, 0) is 0 Å². The van der Waals surface area contributed by atoms with Crippen molar-refractivity contribution in [3.63, 3.8) is 0 Å². The second-order valence-corrected chi connectivity index (χ2v) is 11.4. The normalized spacial score (nSPS) is 28.4. The maximum absolute atomic E-state index is 9.32. The third kappa shape index (κ3) is 3.94. The summed E-state index contributed by atoms with van der Waals surface area (Å²) in [5.41, 5.74) is 6.69. The Morgan fingerprint density at radius 1 is 0.917 bits per heavy atom. The van der Waals surface area contributed by atoms with Gasteiger partial charge >= 0.3 is 0 Å². The first-order valence-electron chi connectivity index (χ1n) is 13.6. The number of nitrogens with zero attached hydrogens (tertiary/aromatic N) is 3. The molecule has 0 bridgehead atoms. The van der Waals surface area contributed by atoms with Crippen molar-refractivity contribution >= 4 is 17.1 Å². The van der Waals surface area contributed by atoms with Crippen molar-refractivity contribution in [1.82, 2.24) is 0 Å². The third-order valence-electron chi connectivity index (χ3n) is 9.01. The van der Waals surface area contributed by atoms with E-state index in [1.807, 2.05) is 0 Å². The zero-order chi connectivity index (χ0) is 24.7. The summed E-state index contributed by atoms with van der Waals surface area (Å²) in [5.74, 6) is 1.24. The maximum atomic E-state index is 9.32. The Kier molecular flexibility index (Phi) is 5.92. The number of fused-ring (bicyclic) bond motifs is 2. The fraction of sp³-hybridized carbons (Fsp3) is 0.394. The average Bonchev–Trinajstić information content (AvgIpc) is 2.94. The number of nitriles is 1. The Labute approximate surface area is 215 Å². The lowest BCUT2D eigenvalue weighted by molar-refractivity contribution is 0.0519. The first-order chi connectivity index (χ1) is 17.6. The van der Waals surface area contributed by atoms with E-state index in [9.17, 15) is 5.26 Å². The van der Waals surface area contributed by atoms with Gasteiger partial charge in [-0.2, -0.15) is 5.26 Å². The predicted molar refractivity (Wildman–Crippen MR) is 150 cm³/mol. The number of benzene rings is 2. The Bertz CT molecular complexity index is 1320. The third-order valence-corrected chi connectivity index (χ3v) is 9.01. The highest BCUT2D eigenvalue weighted by atomic mass is 15.2. The largest absolute Gasteiger partial charge is 0.361 e. The highest BCUT2D eigenvalue weighted by Gasteiger charge is 2.52. The molecule has 3 heteroatoms. The van der Waals surface area contributed by atoms with Gasteiger partial charge in [0.2, 0.25) is 0 Å². The van der Waals surface area contributed by atoms with Crippen LogP contribution in [0.5, 0.6) is 0 Å². The summed E-state index contributed by atoms with van der Waals surface area (Å²) >= 11 is 0. The van der Waals surface area contributed by atoms with E-state index in [-0.39, 0.29) is 0 Å². The van der Waals surface area contributed by atoms with Crippen molar-refractivity contribution in [3.8, 4) is 17.2 Å². The molecule has 2 heterocycles. The summed E-state index contributed by atoms with van der Waals surface area (Å²) in [7, 11) is 0. The first-order valence-corrected chi connectivity index (χ1v) is 13.6. The van der Waals surface area contributed by atoms with Crippen LogP contribution >= 0.6 is 0 Å². The van der Waals surface area contributed by atoms with Crippen LogP contribution in [0, 0.1) is 28.6 Å². The second kappa shape index (κ2) is 9.25. The van der Waals surface area contributed by atoms with Crippen LogP contribution in [0.1, 0.15) is 57.9 Å². The van der Waals surface area contributed by atoms with Gasteiger partial charge in [-0.05, 0) is 72.8 Å². The molecule has 1 saturated heterocycles. The van der Waals surface area contributed by atoms with E-state index in [1.165, 1.54) is 36.1 Å². The van der Waals surface area contributed by atoms with Gasteiger partial charge in [0.25, 0.3) is 0 Å². The van der Waals surface area contributed by atoms with Crippen molar-refractivity contribution in [2.75, 3.05) is 4.90 Å². The minimum atomic E-state index is 0.302. The van der Waals surface area contributed by atoms with Crippen molar-refractivity contribution in [2.24, 2.45) is 22.2 Å². The van der Waals surface area contributed by atoms with Crippen LogP contribution in [0.25, 0.3) is 16.8 Å². The van der Waals surface area contributed by atoms with E-state index in [0.717, 1.165) is 30.5 Å². The number of piperidine rings is 1. The van der Waals surface area contributed by atoms with E-state index < -0.39 is 0 Å². The van der Waals surface area contributed by atoms with Gasteiger partial charge in [-0.3, -0.25) is 0 Å². The molecule has 182 valence electrons. The van der Waals surface area contributed by atoms with Crippen LogP contribution in [0.4, 0.5) is 5.69 Å². The van der Waals surface area contributed by atoms with Crippen LogP contribution in [0.2, 0.25) is 0 Å². The zero-order valence-electron chi connectivity index (χ0n) is 21.4. The van der Waals surface area contributed by atoms with Gasteiger partial charge < -0.3 is 4.90 Å². The highest BCUT2D eigenvalue weighted by Crippen LogP contribution is 2.54. The molecule has 4 unspecified atom stereocenters. The topological polar surface area (TPSA) is 39.4 Å². The smallest absolute Gasteiger partial charge is 0.118 e. The number of anilines is 1. The molecule has 36 heavy (non-hydrogen) atoms. The SMILES string of the molecule is CC1(C)C2C=CCCC2N(c2cccc(-c3cccc(C4=CCCC(C#N)=N4)c3)c2)C2C=CCCC21. The number of hydrogen-bond acceptors (Lipinski definition) is 3. The van der Waals surface area contributed by atoms with E-state index >= 15 is 0 Å². The summed E-state index contributed by atoms with van der Waals surface area (Å²) in [5, 5.41) is 9.32. The lowest BCUT2D eigenvalue weighted by atomic mass is 9.56. The molecule has 1 fully saturated rings. The van der Waals surface area contributed by atoms with E-state index in [2.05, 4.69) is 109 Å².